The summed E-state index contributed by atoms with van der Waals surface area (Å²) in [7, 11) is 0. The molecule has 41 heavy (non-hydrogen) atoms. The fourth-order valence-corrected chi connectivity index (χ4v) is 11.8. The molecule has 2 N–H and O–H groups in total. The van der Waals surface area contributed by atoms with E-state index in [4.69, 9.17) is 9.47 Å². The zero-order chi connectivity index (χ0) is 27.9. The maximum atomic E-state index is 10.0. The molecule has 4 saturated carbocycles. The highest BCUT2D eigenvalue weighted by molar-refractivity contribution is 5.41. The standard InChI is InChI=1S/C37H48O4/c1-36-17-15-28-26-9-5-24(38)19-22(26)3-7-30(28)32(36)11-13-34(36)40-21-41-35-14-12-33-31-8-4-23-20-25(39)6-10-27(23)29(31)16-18-37(33,35)2/h5-6,9-10,19-20,28-35,38-39H,3-4,7-8,11-18,21H2,1-2H3/t28-,29-,30-,31-,32+,33+,34+,35+,36+,37+/m1/s1. The third-order valence-electron chi connectivity index (χ3n) is 13.8. The van der Waals surface area contributed by atoms with Crippen molar-refractivity contribution in [2.24, 2.45) is 34.5 Å². The molecule has 2 aromatic rings. The Morgan fingerprint density at radius 2 is 1.10 bits per heavy atom. The Balaban J connectivity index is 0.909. The van der Waals surface area contributed by atoms with Gasteiger partial charge >= 0.3 is 0 Å². The summed E-state index contributed by atoms with van der Waals surface area (Å²) in [6.07, 6.45) is 15.1. The fraction of sp³-hybridized carbons (Fsp3) is 0.676. The van der Waals surface area contributed by atoms with Crippen LogP contribution in [0.25, 0.3) is 0 Å². The minimum Gasteiger partial charge on any atom is -0.508 e. The molecule has 0 heterocycles. The van der Waals surface area contributed by atoms with Crippen molar-refractivity contribution in [3.63, 3.8) is 0 Å². The molecule has 0 spiro atoms. The van der Waals surface area contributed by atoms with E-state index in [9.17, 15) is 10.2 Å². The minimum atomic E-state index is 0.253. The Morgan fingerprint density at radius 3 is 1.56 bits per heavy atom. The van der Waals surface area contributed by atoms with Gasteiger partial charge in [-0.1, -0.05) is 26.0 Å². The first-order valence-corrected chi connectivity index (χ1v) is 16.7. The molecule has 6 aliphatic carbocycles. The molecule has 0 unspecified atom stereocenters. The molecule has 0 bridgehead atoms. The molecule has 0 saturated heterocycles. The second kappa shape index (κ2) is 9.74. The monoisotopic (exact) mass is 556 g/mol. The number of rotatable bonds is 4. The van der Waals surface area contributed by atoms with E-state index in [1.807, 2.05) is 24.3 Å². The second-order valence-electron chi connectivity index (χ2n) is 15.3. The molecule has 0 aliphatic heterocycles. The molecule has 0 aromatic heterocycles. The summed E-state index contributed by atoms with van der Waals surface area (Å²) in [5, 5.41) is 20.0. The van der Waals surface area contributed by atoms with Gasteiger partial charge in [0.1, 0.15) is 18.3 Å². The van der Waals surface area contributed by atoms with Crippen LogP contribution in [0.3, 0.4) is 0 Å². The van der Waals surface area contributed by atoms with Gasteiger partial charge in [0.2, 0.25) is 0 Å². The summed E-state index contributed by atoms with van der Waals surface area (Å²) in [4.78, 5) is 0. The van der Waals surface area contributed by atoms with Crippen LogP contribution in [-0.2, 0) is 22.3 Å². The van der Waals surface area contributed by atoms with E-state index < -0.39 is 0 Å². The third kappa shape index (κ3) is 4.06. The van der Waals surface area contributed by atoms with E-state index in [0.717, 1.165) is 36.5 Å². The van der Waals surface area contributed by atoms with Crippen LogP contribution in [0.15, 0.2) is 36.4 Å². The van der Waals surface area contributed by atoms with E-state index in [-0.39, 0.29) is 10.8 Å². The molecule has 0 radical (unpaired) electrons. The number of aryl methyl sites for hydroxylation is 2. The van der Waals surface area contributed by atoms with Crippen LogP contribution in [0.4, 0.5) is 0 Å². The van der Waals surface area contributed by atoms with Crippen LogP contribution in [0.5, 0.6) is 11.5 Å². The molecule has 6 aliphatic rings. The van der Waals surface area contributed by atoms with E-state index in [2.05, 4.69) is 26.0 Å². The van der Waals surface area contributed by atoms with Gasteiger partial charge in [0.25, 0.3) is 0 Å². The lowest BCUT2D eigenvalue weighted by atomic mass is 9.55. The van der Waals surface area contributed by atoms with E-state index in [1.54, 1.807) is 0 Å². The Morgan fingerprint density at radius 1 is 0.634 bits per heavy atom. The summed E-state index contributed by atoms with van der Waals surface area (Å²) in [6, 6.07) is 12.2. The number of hydrogen-bond donors (Lipinski definition) is 2. The topological polar surface area (TPSA) is 58.9 Å². The first-order valence-electron chi connectivity index (χ1n) is 16.7. The molecule has 8 rings (SSSR count). The van der Waals surface area contributed by atoms with E-state index >= 15 is 0 Å². The second-order valence-corrected chi connectivity index (χ2v) is 15.3. The Bertz CT molecular complexity index is 1220. The smallest absolute Gasteiger partial charge is 0.147 e. The van der Waals surface area contributed by atoms with Gasteiger partial charge in [-0.05, 0) is 170 Å². The van der Waals surface area contributed by atoms with Gasteiger partial charge in [-0.2, -0.15) is 0 Å². The molecular formula is C37H48O4. The fourth-order valence-electron chi connectivity index (χ4n) is 11.8. The van der Waals surface area contributed by atoms with Crippen molar-refractivity contribution in [3.05, 3.63) is 58.7 Å². The molecule has 220 valence electrons. The van der Waals surface area contributed by atoms with Gasteiger partial charge in [-0.3, -0.25) is 0 Å². The van der Waals surface area contributed by atoms with E-state index in [1.165, 1.54) is 86.5 Å². The lowest BCUT2D eigenvalue weighted by Gasteiger charge is -2.51. The number of fused-ring (bicyclic) bond motifs is 10. The highest BCUT2D eigenvalue weighted by Crippen LogP contribution is 2.63. The van der Waals surface area contributed by atoms with Crippen molar-refractivity contribution in [1.82, 2.24) is 0 Å². The average molecular weight is 557 g/mol. The highest BCUT2D eigenvalue weighted by Gasteiger charge is 2.57. The first kappa shape index (κ1) is 26.6. The summed E-state index contributed by atoms with van der Waals surface area (Å²) >= 11 is 0. The predicted octanol–water partition coefficient (Wildman–Crippen LogP) is 8.24. The quantitative estimate of drug-likeness (QED) is 0.372. The average Bonchev–Trinajstić information content (AvgIpc) is 3.48. The Labute approximate surface area is 245 Å². The zero-order valence-corrected chi connectivity index (χ0v) is 25.0. The molecule has 2 aromatic carbocycles. The van der Waals surface area contributed by atoms with Gasteiger partial charge in [-0.15, -0.1) is 0 Å². The number of phenolic OH excluding ortho intramolecular Hbond substituents is 2. The maximum absolute atomic E-state index is 10.0. The predicted molar refractivity (Wildman–Crippen MR) is 160 cm³/mol. The van der Waals surface area contributed by atoms with Crippen LogP contribution in [0.2, 0.25) is 0 Å². The summed E-state index contributed by atoms with van der Waals surface area (Å²) in [6.45, 7) is 5.49. The molecule has 0 amide bonds. The van der Waals surface area contributed by atoms with Crippen molar-refractivity contribution < 1.29 is 19.7 Å². The van der Waals surface area contributed by atoms with Gasteiger partial charge < -0.3 is 19.7 Å². The summed E-state index contributed by atoms with van der Waals surface area (Å²) in [5.41, 5.74) is 6.28. The number of ether oxygens (including phenoxy) is 2. The highest BCUT2D eigenvalue weighted by atomic mass is 16.7. The van der Waals surface area contributed by atoms with Crippen LogP contribution >= 0.6 is 0 Å². The zero-order valence-electron chi connectivity index (χ0n) is 25.0. The van der Waals surface area contributed by atoms with Crippen molar-refractivity contribution in [1.29, 1.82) is 0 Å². The van der Waals surface area contributed by atoms with Gasteiger partial charge in [0.05, 0.1) is 12.2 Å². The SMILES string of the molecule is C[C@]12CC[C@@H]3c4ccc(O)cc4CC[C@H]3[C@@H]1CC[C@@H]2OCO[C@H]1CC[C@H]2[C@@H]3CCc4cc(O)ccc4[C@H]3CC[C@]12C. The number of phenols is 2. The van der Waals surface area contributed by atoms with Crippen LogP contribution in [0.1, 0.15) is 112 Å². The maximum Gasteiger partial charge on any atom is 0.147 e. The van der Waals surface area contributed by atoms with E-state index in [0.29, 0.717) is 42.3 Å². The van der Waals surface area contributed by atoms with Crippen molar-refractivity contribution in [2.75, 3.05) is 6.79 Å². The normalized spacial score (nSPS) is 42.4. The van der Waals surface area contributed by atoms with Crippen LogP contribution in [-0.4, -0.2) is 29.2 Å². The van der Waals surface area contributed by atoms with Crippen LogP contribution in [0, 0.1) is 34.5 Å². The number of aromatic hydroxyl groups is 2. The lowest BCUT2D eigenvalue weighted by molar-refractivity contribution is -0.176. The molecule has 4 fully saturated rings. The first-order chi connectivity index (χ1) is 19.8. The number of benzene rings is 2. The minimum absolute atomic E-state index is 0.253. The van der Waals surface area contributed by atoms with Gasteiger partial charge in [-0.25, -0.2) is 0 Å². The van der Waals surface area contributed by atoms with Crippen molar-refractivity contribution in [2.45, 2.75) is 115 Å². The Kier molecular flexibility index (Phi) is 6.31. The van der Waals surface area contributed by atoms with Crippen molar-refractivity contribution >= 4 is 0 Å². The lowest BCUT2D eigenvalue weighted by Crippen LogP contribution is -2.46. The third-order valence-corrected chi connectivity index (χ3v) is 13.8. The molecular weight excluding hydrogens is 508 g/mol. The van der Waals surface area contributed by atoms with Gasteiger partial charge in [0.15, 0.2) is 0 Å². The van der Waals surface area contributed by atoms with Crippen LogP contribution < -0.4 is 0 Å². The summed E-state index contributed by atoms with van der Waals surface area (Å²) in [5.74, 6) is 5.08. The Hall–Kier alpha value is -2.04. The largest absolute Gasteiger partial charge is 0.508 e. The summed E-state index contributed by atoms with van der Waals surface area (Å²) < 4.78 is 13.4. The molecule has 10 atom stereocenters. The molecule has 4 heteroatoms. The van der Waals surface area contributed by atoms with Gasteiger partial charge in [0, 0.05) is 0 Å². The molecule has 4 nitrogen and oxygen atoms in total. The van der Waals surface area contributed by atoms with Crippen molar-refractivity contribution in [3.8, 4) is 11.5 Å². The number of hydrogen-bond acceptors (Lipinski definition) is 4.